The molecule has 0 aliphatic carbocycles. The Hall–Kier alpha value is -3.08. The zero-order valence-electron chi connectivity index (χ0n) is 17.2. The summed E-state index contributed by atoms with van der Waals surface area (Å²) in [5.74, 6) is -2.51. The average Bonchev–Trinajstić information content (AvgIpc) is 3.34. The molecule has 0 saturated carbocycles. The standard InChI is InChI=1S/C21H20ClF2N5O3/c1-20(19(26)30)9-32-18-11(20)6-16(21(31,8-25)15-3-4-29(2)28-15)27-17(18)10-5-12(22)14(24)7-13(10)23/h3-7,31H,8-9,25H2,1-2H3,(H2,26,30)/t20-,21+/m0/s1. The third kappa shape index (κ3) is 3.22. The van der Waals surface area contributed by atoms with E-state index in [4.69, 9.17) is 27.8 Å². The minimum Gasteiger partial charge on any atom is -0.489 e. The number of primary amides is 1. The Balaban J connectivity index is 2.05. The Labute approximate surface area is 186 Å². The van der Waals surface area contributed by atoms with Crippen LogP contribution in [0.25, 0.3) is 11.3 Å². The van der Waals surface area contributed by atoms with Crippen LogP contribution in [0.5, 0.6) is 5.75 Å². The van der Waals surface area contributed by atoms with Crippen molar-refractivity contribution in [2.75, 3.05) is 13.2 Å². The highest BCUT2D eigenvalue weighted by atomic mass is 35.5. The predicted molar refractivity (Wildman–Crippen MR) is 112 cm³/mol. The molecule has 168 valence electrons. The van der Waals surface area contributed by atoms with Gasteiger partial charge >= 0.3 is 0 Å². The molecule has 2 aromatic heterocycles. The van der Waals surface area contributed by atoms with Gasteiger partial charge in [0.25, 0.3) is 0 Å². The summed E-state index contributed by atoms with van der Waals surface area (Å²) >= 11 is 5.88. The second-order valence-electron chi connectivity index (χ2n) is 7.90. The molecule has 5 N–H and O–H groups in total. The molecular weight excluding hydrogens is 444 g/mol. The lowest BCUT2D eigenvalue weighted by Gasteiger charge is -2.27. The van der Waals surface area contributed by atoms with Crippen molar-refractivity contribution in [3.05, 3.63) is 64.1 Å². The summed E-state index contributed by atoms with van der Waals surface area (Å²) in [6.45, 7) is 1.11. The molecule has 4 rings (SSSR count). The van der Waals surface area contributed by atoms with E-state index in [1.165, 1.54) is 10.7 Å². The lowest BCUT2D eigenvalue weighted by Crippen LogP contribution is -2.41. The van der Waals surface area contributed by atoms with E-state index < -0.39 is 28.6 Å². The number of amides is 1. The maximum absolute atomic E-state index is 14.8. The van der Waals surface area contributed by atoms with Crippen LogP contribution in [0.4, 0.5) is 8.78 Å². The SMILES string of the molecule is Cn1ccc([C@](O)(CN)c2cc3c(c(-c4cc(Cl)c(F)cc4F)n2)OC[C@]3(C)C(N)=O)n1. The van der Waals surface area contributed by atoms with Gasteiger partial charge in [0.2, 0.25) is 5.91 Å². The van der Waals surface area contributed by atoms with Crippen molar-refractivity contribution in [3.8, 4) is 17.0 Å². The van der Waals surface area contributed by atoms with Gasteiger partial charge in [0, 0.05) is 37.0 Å². The maximum Gasteiger partial charge on any atom is 0.231 e. The highest BCUT2D eigenvalue weighted by Crippen LogP contribution is 2.46. The topological polar surface area (TPSA) is 129 Å². The fourth-order valence-electron chi connectivity index (χ4n) is 3.66. The van der Waals surface area contributed by atoms with Gasteiger partial charge in [-0.1, -0.05) is 11.6 Å². The van der Waals surface area contributed by atoms with E-state index in [-0.39, 0.29) is 52.1 Å². The number of carbonyl (C=O) groups is 1. The predicted octanol–water partition coefficient (Wildman–Crippen LogP) is 1.74. The lowest BCUT2D eigenvalue weighted by atomic mass is 9.81. The number of aliphatic hydroxyl groups is 1. The van der Waals surface area contributed by atoms with E-state index in [0.29, 0.717) is 6.07 Å². The largest absolute Gasteiger partial charge is 0.489 e. The van der Waals surface area contributed by atoms with E-state index in [1.807, 2.05) is 0 Å². The summed E-state index contributed by atoms with van der Waals surface area (Å²) in [7, 11) is 1.66. The molecule has 1 amide bonds. The number of aryl methyl sites for hydroxylation is 1. The molecular formula is C21H20ClF2N5O3. The van der Waals surface area contributed by atoms with Gasteiger partial charge in [-0.2, -0.15) is 5.10 Å². The van der Waals surface area contributed by atoms with Crippen molar-refractivity contribution in [3.63, 3.8) is 0 Å². The number of pyridine rings is 1. The van der Waals surface area contributed by atoms with Crippen LogP contribution in [0.3, 0.4) is 0 Å². The van der Waals surface area contributed by atoms with Gasteiger partial charge in [0.15, 0.2) is 5.60 Å². The fraction of sp³-hybridized carbons (Fsp3) is 0.286. The number of ether oxygens (including phenoxy) is 1. The minimum absolute atomic E-state index is 0.00901. The summed E-state index contributed by atoms with van der Waals surface area (Å²) in [4.78, 5) is 16.7. The van der Waals surface area contributed by atoms with Crippen molar-refractivity contribution >= 4 is 17.5 Å². The monoisotopic (exact) mass is 463 g/mol. The summed E-state index contributed by atoms with van der Waals surface area (Å²) < 4.78 is 35.7. The minimum atomic E-state index is -1.88. The van der Waals surface area contributed by atoms with E-state index in [9.17, 15) is 18.7 Å². The first-order chi connectivity index (χ1) is 15.0. The number of fused-ring (bicyclic) bond motifs is 1. The maximum atomic E-state index is 14.8. The molecule has 0 saturated heterocycles. The molecule has 3 heterocycles. The van der Waals surface area contributed by atoms with Crippen molar-refractivity contribution in [1.82, 2.24) is 14.8 Å². The Bertz CT molecular complexity index is 1250. The second-order valence-corrected chi connectivity index (χ2v) is 8.31. The number of halogens is 3. The van der Waals surface area contributed by atoms with Crippen molar-refractivity contribution in [2.45, 2.75) is 17.9 Å². The van der Waals surface area contributed by atoms with Gasteiger partial charge < -0.3 is 21.3 Å². The molecule has 0 bridgehead atoms. The first-order valence-corrected chi connectivity index (χ1v) is 9.95. The number of benzene rings is 1. The van der Waals surface area contributed by atoms with E-state index >= 15 is 0 Å². The normalized spacial score (nSPS) is 19.3. The van der Waals surface area contributed by atoms with Crippen LogP contribution in [0.2, 0.25) is 5.02 Å². The Morgan fingerprint density at radius 2 is 2.06 bits per heavy atom. The van der Waals surface area contributed by atoms with Gasteiger partial charge in [-0.25, -0.2) is 13.8 Å². The zero-order valence-corrected chi connectivity index (χ0v) is 18.0. The molecule has 3 aromatic rings. The van der Waals surface area contributed by atoms with Crippen LogP contribution in [-0.2, 0) is 22.9 Å². The number of rotatable bonds is 5. The number of aromatic nitrogens is 3. The quantitative estimate of drug-likeness (QED) is 0.494. The van der Waals surface area contributed by atoms with Crippen LogP contribution in [-0.4, -0.2) is 38.9 Å². The third-order valence-electron chi connectivity index (χ3n) is 5.74. The summed E-state index contributed by atoms with van der Waals surface area (Å²) in [6.07, 6.45) is 1.61. The smallest absolute Gasteiger partial charge is 0.231 e. The molecule has 8 nitrogen and oxygen atoms in total. The van der Waals surface area contributed by atoms with Crippen LogP contribution in [0.1, 0.15) is 23.9 Å². The lowest BCUT2D eigenvalue weighted by molar-refractivity contribution is -0.123. The van der Waals surface area contributed by atoms with Gasteiger partial charge in [0.05, 0.1) is 10.7 Å². The van der Waals surface area contributed by atoms with Crippen LogP contribution < -0.4 is 16.2 Å². The van der Waals surface area contributed by atoms with Crippen molar-refractivity contribution < 1.29 is 23.4 Å². The van der Waals surface area contributed by atoms with E-state index in [1.54, 1.807) is 26.2 Å². The Morgan fingerprint density at radius 1 is 1.34 bits per heavy atom. The molecule has 1 aromatic carbocycles. The molecule has 1 aliphatic heterocycles. The first kappa shape index (κ1) is 22.1. The molecule has 1 aliphatic rings. The van der Waals surface area contributed by atoms with Crippen molar-refractivity contribution in [2.24, 2.45) is 18.5 Å². The highest BCUT2D eigenvalue weighted by molar-refractivity contribution is 6.31. The number of carbonyl (C=O) groups excluding carboxylic acids is 1. The van der Waals surface area contributed by atoms with Crippen LogP contribution in [0.15, 0.2) is 30.5 Å². The molecule has 0 fully saturated rings. The molecule has 2 atom stereocenters. The van der Waals surface area contributed by atoms with E-state index in [2.05, 4.69) is 10.1 Å². The Kier molecular flexibility index (Phi) is 5.19. The molecule has 11 heteroatoms. The number of hydrogen-bond acceptors (Lipinski definition) is 6. The molecule has 32 heavy (non-hydrogen) atoms. The van der Waals surface area contributed by atoms with Crippen molar-refractivity contribution in [1.29, 1.82) is 0 Å². The third-order valence-corrected chi connectivity index (χ3v) is 6.03. The highest BCUT2D eigenvalue weighted by Gasteiger charge is 2.46. The molecule has 0 radical (unpaired) electrons. The number of nitrogens with zero attached hydrogens (tertiary/aromatic N) is 3. The van der Waals surface area contributed by atoms with Gasteiger partial charge in [-0.3, -0.25) is 9.48 Å². The summed E-state index contributed by atoms with van der Waals surface area (Å²) in [6, 6.07) is 4.68. The van der Waals surface area contributed by atoms with Crippen LogP contribution in [0, 0.1) is 11.6 Å². The Morgan fingerprint density at radius 3 is 2.66 bits per heavy atom. The van der Waals surface area contributed by atoms with Gasteiger partial charge in [-0.15, -0.1) is 0 Å². The fourth-order valence-corrected chi connectivity index (χ4v) is 3.83. The first-order valence-electron chi connectivity index (χ1n) is 9.57. The average molecular weight is 464 g/mol. The van der Waals surface area contributed by atoms with Gasteiger partial charge in [-0.05, 0) is 25.1 Å². The second kappa shape index (κ2) is 7.51. The molecule has 0 spiro atoms. The van der Waals surface area contributed by atoms with Crippen LogP contribution >= 0.6 is 11.6 Å². The number of hydrogen-bond donors (Lipinski definition) is 3. The summed E-state index contributed by atoms with van der Waals surface area (Å²) in [5.41, 5.74) is 8.58. The van der Waals surface area contributed by atoms with Gasteiger partial charge in [0.1, 0.15) is 40.8 Å². The number of nitrogens with two attached hydrogens (primary N) is 2. The van der Waals surface area contributed by atoms with E-state index in [0.717, 1.165) is 6.07 Å². The summed E-state index contributed by atoms with van der Waals surface area (Å²) in [5, 5.41) is 15.3. The zero-order chi connectivity index (χ0) is 23.4. The molecule has 0 unspecified atom stereocenters.